The van der Waals surface area contributed by atoms with Crippen molar-refractivity contribution in [2.24, 2.45) is 11.8 Å². The van der Waals surface area contributed by atoms with Gasteiger partial charge in [0, 0.05) is 38.2 Å². The van der Waals surface area contributed by atoms with Crippen LogP contribution < -0.4 is 15.4 Å². The molecule has 1 aromatic rings. The summed E-state index contributed by atoms with van der Waals surface area (Å²) in [6, 6.07) is 3.20. The van der Waals surface area contributed by atoms with Crippen LogP contribution in [0.4, 0.5) is 4.39 Å². The maximum Gasteiger partial charge on any atom is 0.243 e. The van der Waals surface area contributed by atoms with Gasteiger partial charge in [-0.25, -0.2) is 4.39 Å². The molecule has 0 bridgehead atoms. The molecule has 1 saturated heterocycles. The minimum atomic E-state index is -0.218. The highest BCUT2D eigenvalue weighted by atomic mass is 19.1. The fraction of sp³-hybridized carbons (Fsp3) is 0.655. The summed E-state index contributed by atoms with van der Waals surface area (Å²) in [5.41, 5.74) is 1.73. The molecule has 0 spiro atoms. The van der Waals surface area contributed by atoms with Crippen molar-refractivity contribution in [2.75, 3.05) is 92.7 Å². The lowest BCUT2D eigenvalue weighted by Gasteiger charge is -2.35. The van der Waals surface area contributed by atoms with E-state index in [0.717, 1.165) is 36.3 Å². The van der Waals surface area contributed by atoms with Crippen molar-refractivity contribution in [1.29, 1.82) is 0 Å². The van der Waals surface area contributed by atoms with Crippen molar-refractivity contribution in [3.63, 3.8) is 0 Å². The quantitative estimate of drug-likeness (QED) is 0.191. The number of carbonyl (C=O) groups excluding carboxylic acids is 2. The normalized spacial score (nSPS) is 18.6. The molecule has 0 aromatic heterocycles. The van der Waals surface area contributed by atoms with Gasteiger partial charge in [0.2, 0.25) is 11.8 Å². The van der Waals surface area contributed by atoms with Crippen LogP contribution >= 0.6 is 0 Å². The molecule has 2 heterocycles. The van der Waals surface area contributed by atoms with Crippen molar-refractivity contribution in [3.8, 4) is 5.75 Å². The van der Waals surface area contributed by atoms with Crippen LogP contribution in [0.5, 0.6) is 5.75 Å². The van der Waals surface area contributed by atoms with E-state index in [4.69, 9.17) is 23.7 Å². The zero-order valence-electron chi connectivity index (χ0n) is 23.6. The van der Waals surface area contributed by atoms with Crippen LogP contribution in [0.2, 0.25) is 0 Å². The number of hydrogen-bond acceptors (Lipinski definition) is 8. The fourth-order valence-electron chi connectivity index (χ4n) is 5.08. The fourth-order valence-corrected chi connectivity index (χ4v) is 5.08. The minimum absolute atomic E-state index is 0.0149. The molecule has 1 fully saturated rings. The number of likely N-dealkylation sites (tertiary alicyclic amines) is 1. The molecule has 10 nitrogen and oxygen atoms in total. The van der Waals surface area contributed by atoms with Crippen LogP contribution in [-0.2, 0) is 41.4 Å². The molecule has 2 aliphatic rings. The molecule has 2 aliphatic heterocycles. The number of carbonyl (C=O) groups is 2. The van der Waals surface area contributed by atoms with E-state index in [1.54, 1.807) is 6.07 Å². The maximum absolute atomic E-state index is 14.6. The van der Waals surface area contributed by atoms with Gasteiger partial charge in [0.25, 0.3) is 0 Å². The number of rotatable bonds is 19. The number of benzene rings is 1. The first-order chi connectivity index (χ1) is 19.5. The van der Waals surface area contributed by atoms with Crippen molar-refractivity contribution >= 4 is 11.8 Å². The zero-order valence-corrected chi connectivity index (χ0v) is 23.6. The Hall–Kier alpha value is -2.57. The van der Waals surface area contributed by atoms with Gasteiger partial charge in [-0.15, -0.1) is 0 Å². The molecule has 3 rings (SSSR count). The highest BCUT2D eigenvalue weighted by Crippen LogP contribution is 2.33. The Morgan fingerprint density at radius 3 is 2.27 bits per heavy atom. The summed E-state index contributed by atoms with van der Waals surface area (Å²) >= 11 is 0. The van der Waals surface area contributed by atoms with E-state index in [1.807, 2.05) is 7.05 Å². The van der Waals surface area contributed by atoms with Gasteiger partial charge in [0.05, 0.1) is 65.4 Å². The van der Waals surface area contributed by atoms with E-state index < -0.39 is 0 Å². The number of piperidine rings is 1. The number of nitrogens with zero attached hydrogens (tertiary/aromatic N) is 1. The molecule has 224 valence electrons. The van der Waals surface area contributed by atoms with Gasteiger partial charge in [-0.3, -0.25) is 9.59 Å². The van der Waals surface area contributed by atoms with Crippen LogP contribution in [-0.4, -0.2) is 109 Å². The Bertz CT molecular complexity index is 948. The molecule has 2 N–H and O–H groups in total. The molecule has 0 saturated carbocycles. The Morgan fingerprint density at radius 1 is 1.00 bits per heavy atom. The van der Waals surface area contributed by atoms with E-state index in [1.165, 1.54) is 12.1 Å². The second kappa shape index (κ2) is 18.0. The Morgan fingerprint density at radius 2 is 1.62 bits per heavy atom. The predicted octanol–water partition coefficient (Wildman–Crippen LogP) is 1.36. The van der Waals surface area contributed by atoms with E-state index in [-0.39, 0.29) is 29.5 Å². The molecule has 0 radical (unpaired) electrons. The van der Waals surface area contributed by atoms with Crippen LogP contribution in [0, 0.1) is 17.7 Å². The largest absolute Gasteiger partial charge is 0.493 e. The molecule has 40 heavy (non-hydrogen) atoms. The minimum Gasteiger partial charge on any atom is -0.493 e. The summed E-state index contributed by atoms with van der Waals surface area (Å²) in [7, 11) is 2.01. The third-order valence-electron chi connectivity index (χ3n) is 6.92. The van der Waals surface area contributed by atoms with Crippen LogP contribution in [0.25, 0.3) is 0 Å². The standard InChI is InChI=1S/C29H44FN3O7/c1-3-28(34)31-7-10-36-12-14-38-16-17-39-15-13-37-11-8-32-29(35)23-18-22(20-33(2)21-23)19-25-24-6-9-40-27(24)5-4-26(25)30/h3-5,22-23H,1,6-21H2,2H3,(H,31,34)(H,32,35)/t22-,23-/m0/s1. The molecule has 2 atom stereocenters. The number of amides is 2. The monoisotopic (exact) mass is 565 g/mol. The second-order valence-corrected chi connectivity index (χ2v) is 10.1. The van der Waals surface area contributed by atoms with Crippen molar-refractivity contribution < 1.29 is 37.7 Å². The summed E-state index contributed by atoms with van der Waals surface area (Å²) in [5.74, 6) is 0.482. The van der Waals surface area contributed by atoms with E-state index in [9.17, 15) is 14.0 Å². The van der Waals surface area contributed by atoms with Gasteiger partial charge in [-0.05, 0) is 49.6 Å². The topological polar surface area (TPSA) is 108 Å². The van der Waals surface area contributed by atoms with E-state index in [0.29, 0.717) is 85.5 Å². The first kappa shape index (κ1) is 32.0. The Balaban J connectivity index is 1.18. The highest BCUT2D eigenvalue weighted by molar-refractivity contribution is 5.86. The van der Waals surface area contributed by atoms with Crippen molar-refractivity contribution in [2.45, 2.75) is 19.3 Å². The average Bonchev–Trinajstić information content (AvgIpc) is 3.43. The molecular weight excluding hydrogens is 521 g/mol. The zero-order chi connectivity index (χ0) is 28.6. The smallest absolute Gasteiger partial charge is 0.243 e. The first-order valence-electron chi connectivity index (χ1n) is 14.1. The van der Waals surface area contributed by atoms with Crippen molar-refractivity contribution in [3.05, 3.63) is 41.7 Å². The maximum atomic E-state index is 14.6. The third kappa shape index (κ3) is 11.1. The number of hydrogen-bond donors (Lipinski definition) is 2. The summed E-state index contributed by atoms with van der Waals surface area (Å²) in [6.07, 6.45) is 3.31. The van der Waals surface area contributed by atoms with E-state index >= 15 is 0 Å². The lowest BCUT2D eigenvalue weighted by molar-refractivity contribution is -0.127. The molecular formula is C29H44FN3O7. The van der Waals surface area contributed by atoms with Gasteiger partial charge < -0.3 is 39.2 Å². The Labute approximate surface area is 236 Å². The lowest BCUT2D eigenvalue weighted by Crippen LogP contribution is -2.46. The molecule has 11 heteroatoms. The Kier molecular flexibility index (Phi) is 14.4. The first-order valence-corrected chi connectivity index (χ1v) is 14.1. The van der Waals surface area contributed by atoms with Gasteiger partial charge >= 0.3 is 0 Å². The molecule has 0 unspecified atom stereocenters. The predicted molar refractivity (Wildman–Crippen MR) is 148 cm³/mol. The van der Waals surface area contributed by atoms with Gasteiger partial charge in [0.1, 0.15) is 11.6 Å². The lowest BCUT2D eigenvalue weighted by atomic mass is 9.83. The van der Waals surface area contributed by atoms with E-state index in [2.05, 4.69) is 22.1 Å². The summed E-state index contributed by atoms with van der Waals surface area (Å²) in [4.78, 5) is 25.9. The molecule has 2 amide bonds. The number of ether oxygens (including phenoxy) is 5. The summed E-state index contributed by atoms with van der Waals surface area (Å²) < 4.78 is 42.0. The van der Waals surface area contributed by atoms with Crippen LogP contribution in [0.1, 0.15) is 17.5 Å². The van der Waals surface area contributed by atoms with Gasteiger partial charge in [-0.1, -0.05) is 6.58 Å². The number of nitrogens with one attached hydrogen (secondary N) is 2. The molecule has 0 aliphatic carbocycles. The number of halogens is 1. The third-order valence-corrected chi connectivity index (χ3v) is 6.92. The van der Waals surface area contributed by atoms with Gasteiger partial charge in [0.15, 0.2) is 0 Å². The summed E-state index contributed by atoms with van der Waals surface area (Å²) in [6.45, 7) is 9.87. The number of fused-ring (bicyclic) bond motifs is 1. The van der Waals surface area contributed by atoms with Crippen LogP contribution in [0.3, 0.4) is 0 Å². The average molecular weight is 566 g/mol. The SMILES string of the molecule is C=CC(=O)NCCOCCOCCOCCOCCNC(=O)[C@H]1C[C@@H](Cc2c(F)ccc3c2CCO3)CN(C)C1. The summed E-state index contributed by atoms with van der Waals surface area (Å²) in [5, 5.41) is 5.60. The second-order valence-electron chi connectivity index (χ2n) is 10.1. The van der Waals surface area contributed by atoms with Crippen LogP contribution in [0.15, 0.2) is 24.8 Å². The van der Waals surface area contributed by atoms with Gasteiger partial charge in [-0.2, -0.15) is 0 Å². The molecule has 1 aromatic carbocycles. The van der Waals surface area contributed by atoms with Crippen molar-refractivity contribution in [1.82, 2.24) is 15.5 Å². The highest BCUT2D eigenvalue weighted by Gasteiger charge is 2.31.